The average molecular weight is 170 g/mol. The van der Waals surface area contributed by atoms with E-state index in [2.05, 4.69) is 9.99 Å². The smallest absolute Gasteiger partial charge is 0.204 e. The number of oxime groups is 1. The number of hydrogen-bond acceptors (Lipinski definition) is 4. The van der Waals surface area contributed by atoms with Crippen molar-refractivity contribution < 1.29 is 9.63 Å². The molecule has 0 aromatic carbocycles. The maximum Gasteiger partial charge on any atom is 0.204 e. The Morgan fingerprint density at radius 2 is 2.08 bits per heavy atom. The van der Waals surface area contributed by atoms with Crippen LogP contribution in [0.1, 0.15) is 6.92 Å². The molecule has 0 amide bonds. The molecule has 0 aliphatic heterocycles. The van der Waals surface area contributed by atoms with Crippen LogP contribution in [0.5, 0.6) is 0 Å². The number of carbonyl (C=O) groups is 1. The number of hydrogen-bond donors (Lipinski definition) is 0. The van der Waals surface area contributed by atoms with Gasteiger partial charge in [-0.1, -0.05) is 5.16 Å². The molecule has 0 saturated carbocycles. The van der Waals surface area contributed by atoms with Crippen LogP contribution in [-0.4, -0.2) is 37.6 Å². The van der Waals surface area contributed by atoms with Crippen molar-refractivity contribution in [3.8, 4) is 0 Å². The maximum atomic E-state index is 11.1. The third-order valence-corrected chi connectivity index (χ3v) is 1.11. The molecule has 0 rings (SSSR count). The number of ketones is 1. The van der Waals surface area contributed by atoms with E-state index in [-0.39, 0.29) is 5.78 Å². The third-order valence-electron chi connectivity index (χ3n) is 1.11. The Kier molecular flexibility index (Phi) is 4.76. The Labute approximate surface area is 72.5 Å². The Balaban J connectivity index is 4.13. The normalized spacial score (nSPS) is 11.8. The highest BCUT2D eigenvalue weighted by Crippen LogP contribution is 1.86. The van der Waals surface area contributed by atoms with Gasteiger partial charge in [0.05, 0.1) is 0 Å². The Bertz CT molecular complexity index is 207. The summed E-state index contributed by atoms with van der Waals surface area (Å²) in [4.78, 5) is 17.3. The van der Waals surface area contributed by atoms with Gasteiger partial charge >= 0.3 is 0 Å². The van der Waals surface area contributed by atoms with Gasteiger partial charge in [0.15, 0.2) is 0 Å². The van der Waals surface area contributed by atoms with Gasteiger partial charge < -0.3 is 9.74 Å². The first-order valence-electron chi connectivity index (χ1n) is 3.54. The molecule has 0 spiro atoms. The number of allylic oxidation sites excluding steroid dienone is 1. The van der Waals surface area contributed by atoms with E-state index in [1.807, 2.05) is 14.1 Å². The van der Waals surface area contributed by atoms with E-state index in [1.54, 1.807) is 18.0 Å². The van der Waals surface area contributed by atoms with E-state index < -0.39 is 0 Å². The van der Waals surface area contributed by atoms with Crippen molar-refractivity contribution in [2.75, 3.05) is 21.2 Å². The summed E-state index contributed by atoms with van der Waals surface area (Å²) in [6.45, 7) is 1.60. The van der Waals surface area contributed by atoms with E-state index in [0.717, 1.165) is 0 Å². The minimum atomic E-state index is -0.148. The molecule has 68 valence electrons. The molecule has 0 aliphatic carbocycles. The lowest BCUT2D eigenvalue weighted by Gasteiger charge is -2.01. The molecule has 0 bridgehead atoms. The lowest BCUT2D eigenvalue weighted by atomic mass is 10.3. The fourth-order valence-corrected chi connectivity index (χ4v) is 0.519. The van der Waals surface area contributed by atoms with Crippen molar-refractivity contribution in [3.63, 3.8) is 0 Å². The van der Waals surface area contributed by atoms with Crippen molar-refractivity contribution in [1.29, 1.82) is 0 Å². The van der Waals surface area contributed by atoms with Crippen LogP contribution < -0.4 is 0 Å². The van der Waals surface area contributed by atoms with Gasteiger partial charge in [-0.3, -0.25) is 4.79 Å². The van der Waals surface area contributed by atoms with Crippen molar-refractivity contribution in [2.45, 2.75) is 6.92 Å². The summed E-state index contributed by atoms with van der Waals surface area (Å²) in [6.07, 6.45) is 3.11. The van der Waals surface area contributed by atoms with Crippen LogP contribution in [0.15, 0.2) is 17.4 Å². The van der Waals surface area contributed by atoms with E-state index in [9.17, 15) is 4.79 Å². The van der Waals surface area contributed by atoms with E-state index >= 15 is 0 Å². The number of nitrogens with zero attached hydrogens (tertiary/aromatic N) is 2. The molecule has 0 radical (unpaired) electrons. The van der Waals surface area contributed by atoms with Crippen LogP contribution in [0.25, 0.3) is 0 Å². The van der Waals surface area contributed by atoms with Gasteiger partial charge in [-0.2, -0.15) is 0 Å². The monoisotopic (exact) mass is 170 g/mol. The predicted octanol–water partition coefficient (Wildman–Crippen LogP) is 0.653. The molecule has 0 heterocycles. The van der Waals surface area contributed by atoms with Crippen molar-refractivity contribution >= 4 is 11.5 Å². The molecule has 0 aliphatic rings. The minimum absolute atomic E-state index is 0.148. The summed E-state index contributed by atoms with van der Waals surface area (Å²) in [5, 5.41) is 3.50. The van der Waals surface area contributed by atoms with Crippen molar-refractivity contribution in [1.82, 2.24) is 4.90 Å². The second-order valence-electron chi connectivity index (χ2n) is 2.50. The number of rotatable bonds is 4. The first-order valence-corrected chi connectivity index (χ1v) is 3.54. The Morgan fingerprint density at radius 3 is 2.50 bits per heavy atom. The topological polar surface area (TPSA) is 41.9 Å². The summed E-state index contributed by atoms with van der Waals surface area (Å²) < 4.78 is 0. The van der Waals surface area contributed by atoms with Gasteiger partial charge in [0, 0.05) is 26.4 Å². The summed E-state index contributed by atoms with van der Waals surface area (Å²) in [7, 11) is 5.09. The lowest BCUT2D eigenvalue weighted by Crippen LogP contribution is -2.09. The molecule has 0 fully saturated rings. The molecule has 0 atom stereocenters. The molecule has 4 heteroatoms. The van der Waals surface area contributed by atoms with Crippen molar-refractivity contribution in [2.24, 2.45) is 5.16 Å². The molecular formula is C8H14N2O2. The van der Waals surface area contributed by atoms with Gasteiger partial charge in [0.2, 0.25) is 5.78 Å². The molecule has 0 N–H and O–H groups in total. The zero-order valence-electron chi connectivity index (χ0n) is 7.87. The Hall–Kier alpha value is -1.32. The van der Waals surface area contributed by atoms with Gasteiger partial charge in [0.25, 0.3) is 0 Å². The van der Waals surface area contributed by atoms with E-state index in [1.165, 1.54) is 13.2 Å². The fraction of sp³-hybridized carbons (Fsp3) is 0.500. The largest absolute Gasteiger partial charge is 0.399 e. The molecule has 12 heavy (non-hydrogen) atoms. The van der Waals surface area contributed by atoms with E-state index in [0.29, 0.717) is 5.71 Å². The van der Waals surface area contributed by atoms with Crippen LogP contribution in [-0.2, 0) is 9.63 Å². The average Bonchev–Trinajstić information content (AvgIpc) is 2.00. The highest BCUT2D eigenvalue weighted by atomic mass is 16.6. The van der Waals surface area contributed by atoms with Gasteiger partial charge in [-0.25, -0.2) is 0 Å². The maximum absolute atomic E-state index is 11.1. The first-order chi connectivity index (χ1) is 5.57. The first kappa shape index (κ1) is 10.7. The fourth-order valence-electron chi connectivity index (χ4n) is 0.519. The Morgan fingerprint density at radius 1 is 1.50 bits per heavy atom. The summed E-state index contributed by atoms with van der Waals surface area (Å²) in [6, 6.07) is 0. The summed E-state index contributed by atoms with van der Waals surface area (Å²) in [5.74, 6) is -0.148. The van der Waals surface area contributed by atoms with Crippen molar-refractivity contribution in [3.05, 3.63) is 12.3 Å². The second-order valence-corrected chi connectivity index (χ2v) is 2.50. The third kappa shape index (κ3) is 4.49. The SMILES string of the molecule is CON=C(C)C(=O)C=CN(C)C. The molecule has 0 saturated heterocycles. The lowest BCUT2D eigenvalue weighted by molar-refractivity contribution is -0.109. The highest BCUT2D eigenvalue weighted by Gasteiger charge is 2.00. The standard InChI is InChI=1S/C8H14N2O2/c1-7(9-12-4)8(11)5-6-10(2)3/h5-6H,1-4H3. The second kappa shape index (κ2) is 5.35. The zero-order valence-corrected chi connectivity index (χ0v) is 7.87. The molecule has 0 aromatic heterocycles. The summed E-state index contributed by atoms with van der Waals surface area (Å²) in [5.41, 5.74) is 0.343. The molecular weight excluding hydrogens is 156 g/mol. The summed E-state index contributed by atoms with van der Waals surface area (Å²) >= 11 is 0. The van der Waals surface area contributed by atoms with Crippen LogP contribution >= 0.6 is 0 Å². The quantitative estimate of drug-likeness (QED) is 0.353. The van der Waals surface area contributed by atoms with Crippen LogP contribution in [0.3, 0.4) is 0 Å². The van der Waals surface area contributed by atoms with Crippen LogP contribution in [0, 0.1) is 0 Å². The van der Waals surface area contributed by atoms with Gasteiger partial charge in [-0.05, 0) is 6.92 Å². The minimum Gasteiger partial charge on any atom is -0.399 e. The molecule has 0 aromatic rings. The predicted molar refractivity (Wildman–Crippen MR) is 48.0 cm³/mol. The van der Waals surface area contributed by atoms with Gasteiger partial charge in [-0.15, -0.1) is 0 Å². The number of carbonyl (C=O) groups excluding carboxylic acids is 1. The van der Waals surface area contributed by atoms with Crippen LogP contribution in [0.2, 0.25) is 0 Å². The van der Waals surface area contributed by atoms with E-state index in [4.69, 9.17) is 0 Å². The highest BCUT2D eigenvalue weighted by molar-refractivity contribution is 6.42. The zero-order chi connectivity index (χ0) is 9.56. The van der Waals surface area contributed by atoms with Crippen LogP contribution in [0.4, 0.5) is 0 Å². The molecule has 0 unspecified atom stereocenters. The van der Waals surface area contributed by atoms with Gasteiger partial charge in [0.1, 0.15) is 12.8 Å². The molecule has 4 nitrogen and oxygen atoms in total.